The first-order chi connectivity index (χ1) is 10.1. The molecule has 1 saturated heterocycles. The van der Waals surface area contributed by atoms with Crippen LogP contribution in [0, 0.1) is 5.92 Å². The minimum Gasteiger partial charge on any atom is -0.395 e. The van der Waals surface area contributed by atoms with Crippen molar-refractivity contribution in [2.75, 3.05) is 13.2 Å². The first kappa shape index (κ1) is 14.4. The Morgan fingerprint density at radius 1 is 1.38 bits per heavy atom. The molecule has 1 aromatic heterocycles. The van der Waals surface area contributed by atoms with E-state index >= 15 is 0 Å². The van der Waals surface area contributed by atoms with E-state index in [1.807, 2.05) is 13.0 Å². The summed E-state index contributed by atoms with van der Waals surface area (Å²) < 4.78 is 27.4. The third-order valence-corrected chi connectivity index (χ3v) is 6.23. The summed E-state index contributed by atoms with van der Waals surface area (Å²) in [6, 6.07) is 6.57. The van der Waals surface area contributed by atoms with Gasteiger partial charge < -0.3 is 5.11 Å². The smallest absolute Gasteiger partial charge is 0.244 e. The van der Waals surface area contributed by atoms with Gasteiger partial charge in [0.05, 0.1) is 17.5 Å². The normalized spacial score (nSPS) is 23.7. The van der Waals surface area contributed by atoms with E-state index in [0.717, 1.165) is 11.8 Å². The van der Waals surface area contributed by atoms with Crippen molar-refractivity contribution in [2.24, 2.45) is 5.92 Å². The molecule has 5 nitrogen and oxygen atoms in total. The first-order valence-electron chi connectivity index (χ1n) is 7.01. The maximum absolute atomic E-state index is 13.0. The van der Waals surface area contributed by atoms with E-state index in [2.05, 4.69) is 4.98 Å². The van der Waals surface area contributed by atoms with Crippen molar-refractivity contribution in [3.05, 3.63) is 36.7 Å². The van der Waals surface area contributed by atoms with Gasteiger partial charge in [-0.2, -0.15) is 4.31 Å². The number of hydrogen-bond acceptors (Lipinski definition) is 4. The number of fused-ring (bicyclic) bond motifs is 1. The largest absolute Gasteiger partial charge is 0.395 e. The summed E-state index contributed by atoms with van der Waals surface area (Å²) in [4.78, 5) is 4.32. The van der Waals surface area contributed by atoms with Crippen LogP contribution in [0.25, 0.3) is 10.8 Å². The predicted octanol–water partition coefficient (Wildman–Crippen LogP) is 1.63. The Kier molecular flexibility index (Phi) is 3.69. The van der Waals surface area contributed by atoms with Crippen LogP contribution >= 0.6 is 0 Å². The molecule has 0 radical (unpaired) electrons. The Balaban J connectivity index is 2.13. The molecule has 0 amide bonds. The van der Waals surface area contributed by atoms with Crippen molar-refractivity contribution in [2.45, 2.75) is 24.3 Å². The third kappa shape index (κ3) is 2.33. The molecule has 1 fully saturated rings. The lowest BCUT2D eigenvalue weighted by Crippen LogP contribution is -2.39. The van der Waals surface area contributed by atoms with Crippen LogP contribution in [0.4, 0.5) is 0 Å². The summed E-state index contributed by atoms with van der Waals surface area (Å²) in [5.74, 6) is 0.168. The molecule has 0 bridgehead atoms. The lowest BCUT2D eigenvalue weighted by atomic mass is 10.0. The zero-order chi connectivity index (χ0) is 15.0. The number of nitrogens with zero attached hydrogens (tertiary/aromatic N) is 2. The number of aliphatic hydroxyl groups excluding tert-OH is 1. The second-order valence-electron chi connectivity index (χ2n) is 5.48. The van der Waals surface area contributed by atoms with Crippen LogP contribution < -0.4 is 0 Å². The van der Waals surface area contributed by atoms with Gasteiger partial charge in [0, 0.05) is 29.7 Å². The molecule has 2 unspecified atom stereocenters. The average molecular weight is 306 g/mol. The number of benzene rings is 1. The van der Waals surface area contributed by atoms with Gasteiger partial charge in [-0.1, -0.05) is 19.1 Å². The molecule has 2 heterocycles. The van der Waals surface area contributed by atoms with Crippen LogP contribution in [-0.4, -0.2) is 42.0 Å². The first-order valence-corrected chi connectivity index (χ1v) is 8.45. The summed E-state index contributed by atoms with van der Waals surface area (Å²) in [5, 5.41) is 11.0. The quantitative estimate of drug-likeness (QED) is 0.935. The molecule has 2 aromatic rings. The molecule has 1 aliphatic rings. The van der Waals surface area contributed by atoms with Gasteiger partial charge in [0.15, 0.2) is 0 Å². The summed E-state index contributed by atoms with van der Waals surface area (Å²) in [7, 11) is -3.61. The number of pyridine rings is 1. The molecule has 21 heavy (non-hydrogen) atoms. The third-order valence-electron chi connectivity index (χ3n) is 4.25. The van der Waals surface area contributed by atoms with Gasteiger partial charge in [0.1, 0.15) is 0 Å². The summed E-state index contributed by atoms with van der Waals surface area (Å²) in [5.41, 5.74) is 0. The van der Waals surface area contributed by atoms with Crippen molar-refractivity contribution >= 4 is 20.8 Å². The molecule has 3 rings (SSSR count). The van der Waals surface area contributed by atoms with Gasteiger partial charge >= 0.3 is 0 Å². The van der Waals surface area contributed by atoms with Gasteiger partial charge in [-0.3, -0.25) is 4.98 Å². The van der Waals surface area contributed by atoms with Crippen molar-refractivity contribution in [1.82, 2.24) is 9.29 Å². The van der Waals surface area contributed by atoms with E-state index < -0.39 is 10.0 Å². The van der Waals surface area contributed by atoms with Crippen molar-refractivity contribution in [3.63, 3.8) is 0 Å². The fourth-order valence-corrected chi connectivity index (χ4v) is 4.93. The van der Waals surface area contributed by atoms with E-state index in [1.54, 1.807) is 30.6 Å². The average Bonchev–Trinajstić information content (AvgIpc) is 2.88. The van der Waals surface area contributed by atoms with Crippen molar-refractivity contribution in [3.8, 4) is 0 Å². The number of sulfonamides is 1. The lowest BCUT2D eigenvalue weighted by molar-refractivity contribution is 0.191. The second-order valence-corrected chi connectivity index (χ2v) is 7.34. The lowest BCUT2D eigenvalue weighted by Gasteiger charge is -2.25. The number of rotatable bonds is 3. The molecule has 0 aliphatic carbocycles. The van der Waals surface area contributed by atoms with Gasteiger partial charge in [-0.25, -0.2) is 8.42 Å². The topological polar surface area (TPSA) is 70.5 Å². The van der Waals surface area contributed by atoms with Gasteiger partial charge in [-0.15, -0.1) is 0 Å². The van der Waals surface area contributed by atoms with Gasteiger partial charge in [-0.05, 0) is 24.5 Å². The molecule has 1 N–H and O–H groups in total. The Hall–Kier alpha value is -1.50. The van der Waals surface area contributed by atoms with Crippen molar-refractivity contribution < 1.29 is 13.5 Å². The van der Waals surface area contributed by atoms with E-state index in [1.165, 1.54) is 4.31 Å². The summed E-state index contributed by atoms with van der Waals surface area (Å²) in [6.07, 6.45) is 4.03. The number of aromatic nitrogens is 1. The van der Waals surface area contributed by atoms with Gasteiger partial charge in [0.25, 0.3) is 0 Å². The van der Waals surface area contributed by atoms with Gasteiger partial charge in [0.2, 0.25) is 10.0 Å². The van der Waals surface area contributed by atoms with E-state index in [9.17, 15) is 13.5 Å². The van der Waals surface area contributed by atoms with Crippen LogP contribution in [0.5, 0.6) is 0 Å². The monoisotopic (exact) mass is 306 g/mol. The molecule has 1 aliphatic heterocycles. The van der Waals surface area contributed by atoms with E-state index in [4.69, 9.17) is 0 Å². The molecule has 0 spiro atoms. The van der Waals surface area contributed by atoms with Crippen LogP contribution in [0.15, 0.2) is 41.6 Å². The van der Waals surface area contributed by atoms with Crippen LogP contribution in [0.2, 0.25) is 0 Å². The highest BCUT2D eigenvalue weighted by molar-refractivity contribution is 7.89. The van der Waals surface area contributed by atoms with Crippen molar-refractivity contribution in [1.29, 1.82) is 0 Å². The van der Waals surface area contributed by atoms with Crippen LogP contribution in [0.3, 0.4) is 0 Å². The zero-order valence-corrected chi connectivity index (χ0v) is 12.6. The summed E-state index contributed by atoms with van der Waals surface area (Å²) >= 11 is 0. The Morgan fingerprint density at radius 3 is 2.95 bits per heavy atom. The minimum absolute atomic E-state index is 0.146. The zero-order valence-electron chi connectivity index (χ0n) is 11.8. The standard InChI is InChI=1S/C15H18N2O3S/c1-11-6-8-17(14(11)10-18)21(19,20)15-4-2-3-12-9-16-7-5-13(12)15/h2-5,7,9,11,14,18H,6,8,10H2,1H3. The van der Waals surface area contributed by atoms with E-state index in [-0.39, 0.29) is 23.5 Å². The second kappa shape index (κ2) is 5.36. The SMILES string of the molecule is CC1CCN(S(=O)(=O)c2cccc3cnccc23)C1CO. The fraction of sp³-hybridized carbons (Fsp3) is 0.400. The maximum atomic E-state index is 13.0. The van der Waals surface area contributed by atoms with E-state index in [0.29, 0.717) is 11.9 Å². The highest BCUT2D eigenvalue weighted by Gasteiger charge is 2.39. The highest BCUT2D eigenvalue weighted by atomic mass is 32.2. The molecule has 6 heteroatoms. The molecular weight excluding hydrogens is 288 g/mol. The number of aliphatic hydroxyl groups is 1. The minimum atomic E-state index is -3.61. The Labute approximate surface area is 124 Å². The Bertz CT molecular complexity index is 755. The van der Waals surface area contributed by atoms with Crippen LogP contribution in [-0.2, 0) is 10.0 Å². The molecular formula is C15H18N2O3S. The molecule has 0 saturated carbocycles. The fourth-order valence-electron chi connectivity index (χ4n) is 2.99. The Morgan fingerprint density at radius 2 is 2.19 bits per heavy atom. The summed E-state index contributed by atoms with van der Waals surface area (Å²) in [6.45, 7) is 2.28. The molecule has 2 atom stereocenters. The predicted molar refractivity (Wildman–Crippen MR) is 80.3 cm³/mol. The maximum Gasteiger partial charge on any atom is 0.244 e. The molecule has 112 valence electrons. The highest BCUT2D eigenvalue weighted by Crippen LogP contribution is 2.32. The molecule has 1 aromatic carbocycles. The van der Waals surface area contributed by atoms with Crippen LogP contribution in [0.1, 0.15) is 13.3 Å². The number of hydrogen-bond donors (Lipinski definition) is 1.